The number of hydrogen-bond donors (Lipinski definition) is 0. The maximum atomic E-state index is 11.2. The molecule has 0 spiro atoms. The van der Waals surface area contributed by atoms with Crippen LogP contribution in [0.1, 0.15) is 20.3 Å². The van der Waals surface area contributed by atoms with E-state index in [1.807, 2.05) is 6.92 Å². The summed E-state index contributed by atoms with van der Waals surface area (Å²) >= 11 is 0. The molecule has 0 aromatic rings. The zero-order chi connectivity index (χ0) is 11.1. The van der Waals surface area contributed by atoms with Crippen molar-refractivity contribution in [3.05, 3.63) is 12.2 Å². The molecule has 0 heterocycles. The maximum absolute atomic E-state index is 11.2. The molecular weight excluding hydrogens is 184 g/mol. The lowest BCUT2D eigenvalue weighted by Gasteiger charge is -2.09. The van der Waals surface area contributed by atoms with Gasteiger partial charge in [-0.1, -0.05) is 20.4 Å². The van der Waals surface area contributed by atoms with Gasteiger partial charge in [-0.3, -0.25) is 4.79 Å². The predicted octanol–water partition coefficient (Wildman–Crippen LogP) is 1.30. The number of carbonyl (C=O) groups is 2. The van der Waals surface area contributed by atoms with Gasteiger partial charge in [0.25, 0.3) is 0 Å². The smallest absolute Gasteiger partial charge is 0.336 e. The van der Waals surface area contributed by atoms with Crippen LogP contribution in [0.4, 0.5) is 0 Å². The van der Waals surface area contributed by atoms with Gasteiger partial charge < -0.3 is 9.47 Å². The number of methoxy groups -OCH3 is 1. The van der Waals surface area contributed by atoms with Crippen molar-refractivity contribution in [1.29, 1.82) is 0 Å². The van der Waals surface area contributed by atoms with Crippen molar-refractivity contribution in [2.75, 3.05) is 13.7 Å². The monoisotopic (exact) mass is 200 g/mol. The Labute approximate surface area is 83.9 Å². The van der Waals surface area contributed by atoms with Gasteiger partial charge in [0.05, 0.1) is 18.6 Å². The van der Waals surface area contributed by atoms with E-state index in [1.54, 1.807) is 6.92 Å². The number of esters is 2. The largest absolute Gasteiger partial charge is 0.466 e. The highest BCUT2D eigenvalue weighted by Crippen LogP contribution is 2.04. The molecule has 4 nitrogen and oxygen atoms in total. The van der Waals surface area contributed by atoms with Crippen molar-refractivity contribution in [2.45, 2.75) is 20.3 Å². The summed E-state index contributed by atoms with van der Waals surface area (Å²) in [4.78, 5) is 22.0. The molecule has 1 unspecified atom stereocenters. The average molecular weight is 200 g/mol. The van der Waals surface area contributed by atoms with Crippen LogP contribution in [0.3, 0.4) is 0 Å². The highest BCUT2D eigenvalue weighted by Gasteiger charge is 2.14. The second-order valence-corrected chi connectivity index (χ2v) is 3.01. The summed E-state index contributed by atoms with van der Waals surface area (Å²) in [5, 5.41) is 0. The summed E-state index contributed by atoms with van der Waals surface area (Å²) in [5.74, 6) is -1.03. The molecule has 0 aromatic carbocycles. The summed E-state index contributed by atoms with van der Waals surface area (Å²) < 4.78 is 9.24. The lowest BCUT2D eigenvalue weighted by molar-refractivity contribution is -0.148. The van der Waals surface area contributed by atoms with Crippen molar-refractivity contribution < 1.29 is 19.1 Å². The molecule has 0 fully saturated rings. The first-order valence-corrected chi connectivity index (χ1v) is 4.45. The third-order valence-corrected chi connectivity index (χ3v) is 1.88. The normalized spacial score (nSPS) is 11.6. The second-order valence-electron chi connectivity index (χ2n) is 3.01. The van der Waals surface area contributed by atoms with E-state index in [0.29, 0.717) is 6.42 Å². The SMILES string of the molecule is C=C(COC(=O)C(C)CC)C(=O)OC. The first-order chi connectivity index (χ1) is 6.52. The topological polar surface area (TPSA) is 52.6 Å². The van der Waals surface area contributed by atoms with Gasteiger partial charge in [-0.2, -0.15) is 0 Å². The minimum absolute atomic E-state index is 0.101. The quantitative estimate of drug-likeness (QED) is 0.496. The van der Waals surface area contributed by atoms with E-state index in [2.05, 4.69) is 11.3 Å². The van der Waals surface area contributed by atoms with Crippen molar-refractivity contribution in [1.82, 2.24) is 0 Å². The van der Waals surface area contributed by atoms with E-state index in [0.717, 1.165) is 0 Å². The molecule has 0 aromatic heterocycles. The number of carbonyl (C=O) groups excluding carboxylic acids is 2. The minimum Gasteiger partial charge on any atom is -0.466 e. The van der Waals surface area contributed by atoms with Crippen LogP contribution >= 0.6 is 0 Å². The standard InChI is InChI=1S/C10H16O4/c1-5-7(2)10(12)14-6-8(3)9(11)13-4/h7H,3,5-6H2,1-2,4H3. The fourth-order valence-corrected chi connectivity index (χ4v) is 0.670. The van der Waals surface area contributed by atoms with Crippen molar-refractivity contribution in [3.63, 3.8) is 0 Å². The Morgan fingerprint density at radius 2 is 2.00 bits per heavy atom. The molecule has 0 saturated heterocycles. The maximum Gasteiger partial charge on any atom is 0.336 e. The summed E-state index contributed by atoms with van der Waals surface area (Å²) in [7, 11) is 1.25. The van der Waals surface area contributed by atoms with Crippen LogP contribution < -0.4 is 0 Å². The Balaban J connectivity index is 3.89. The third kappa shape index (κ3) is 4.07. The molecule has 0 amide bonds. The number of ether oxygens (including phenoxy) is 2. The fraction of sp³-hybridized carbons (Fsp3) is 0.600. The van der Waals surface area contributed by atoms with Gasteiger partial charge in [-0.15, -0.1) is 0 Å². The molecule has 0 rings (SSSR count). The summed E-state index contributed by atoms with van der Waals surface area (Å²) in [6, 6.07) is 0. The summed E-state index contributed by atoms with van der Waals surface area (Å²) in [6.45, 7) is 6.99. The van der Waals surface area contributed by atoms with E-state index in [9.17, 15) is 9.59 Å². The van der Waals surface area contributed by atoms with Crippen molar-refractivity contribution in [3.8, 4) is 0 Å². The number of hydrogen-bond acceptors (Lipinski definition) is 4. The van der Waals surface area contributed by atoms with Gasteiger partial charge in [0.1, 0.15) is 6.61 Å². The Morgan fingerprint density at radius 3 is 2.43 bits per heavy atom. The lowest BCUT2D eigenvalue weighted by atomic mass is 10.1. The molecule has 0 aliphatic heterocycles. The average Bonchev–Trinajstić information content (AvgIpc) is 2.22. The minimum atomic E-state index is -0.554. The van der Waals surface area contributed by atoms with Crippen molar-refractivity contribution >= 4 is 11.9 Å². The molecule has 80 valence electrons. The lowest BCUT2D eigenvalue weighted by Crippen LogP contribution is -2.18. The Hall–Kier alpha value is -1.32. The van der Waals surface area contributed by atoms with Crippen LogP contribution in [0.5, 0.6) is 0 Å². The van der Waals surface area contributed by atoms with Gasteiger partial charge in [0.15, 0.2) is 0 Å². The number of rotatable bonds is 5. The van der Waals surface area contributed by atoms with Gasteiger partial charge >= 0.3 is 11.9 Å². The molecule has 0 radical (unpaired) electrons. The highest BCUT2D eigenvalue weighted by atomic mass is 16.5. The van der Waals surface area contributed by atoms with Gasteiger partial charge in [0.2, 0.25) is 0 Å². The van der Waals surface area contributed by atoms with Crippen LogP contribution in [0.15, 0.2) is 12.2 Å². The molecule has 4 heteroatoms. The van der Waals surface area contributed by atoms with E-state index in [4.69, 9.17) is 4.74 Å². The van der Waals surface area contributed by atoms with Crippen molar-refractivity contribution in [2.24, 2.45) is 5.92 Å². The van der Waals surface area contributed by atoms with E-state index < -0.39 is 5.97 Å². The van der Waals surface area contributed by atoms with Crippen LogP contribution in [0.25, 0.3) is 0 Å². The van der Waals surface area contributed by atoms with E-state index >= 15 is 0 Å². The summed E-state index contributed by atoms with van der Waals surface area (Å²) in [5.41, 5.74) is 0.143. The van der Waals surface area contributed by atoms with Crippen LogP contribution in [-0.2, 0) is 19.1 Å². The third-order valence-electron chi connectivity index (χ3n) is 1.88. The summed E-state index contributed by atoms with van der Waals surface area (Å²) in [6.07, 6.45) is 0.712. The second kappa shape index (κ2) is 6.18. The zero-order valence-electron chi connectivity index (χ0n) is 8.83. The van der Waals surface area contributed by atoms with Gasteiger partial charge in [-0.25, -0.2) is 4.79 Å². The van der Waals surface area contributed by atoms with Crippen LogP contribution in [-0.4, -0.2) is 25.7 Å². The zero-order valence-corrected chi connectivity index (χ0v) is 8.83. The fourth-order valence-electron chi connectivity index (χ4n) is 0.670. The molecule has 14 heavy (non-hydrogen) atoms. The van der Waals surface area contributed by atoms with Crippen LogP contribution in [0, 0.1) is 5.92 Å². The highest BCUT2D eigenvalue weighted by molar-refractivity contribution is 5.88. The first kappa shape index (κ1) is 12.7. The Bertz CT molecular complexity index is 232. The molecule has 1 atom stereocenters. The van der Waals surface area contributed by atoms with Gasteiger partial charge in [0, 0.05) is 0 Å². The van der Waals surface area contributed by atoms with E-state index in [1.165, 1.54) is 7.11 Å². The van der Waals surface area contributed by atoms with Crippen LogP contribution in [0.2, 0.25) is 0 Å². The molecular formula is C10H16O4. The Kier molecular flexibility index (Phi) is 5.60. The molecule has 0 aliphatic carbocycles. The first-order valence-electron chi connectivity index (χ1n) is 4.45. The Morgan fingerprint density at radius 1 is 1.43 bits per heavy atom. The molecule has 0 saturated carbocycles. The van der Waals surface area contributed by atoms with Gasteiger partial charge in [-0.05, 0) is 6.42 Å². The molecule has 0 aliphatic rings. The molecule has 0 bridgehead atoms. The predicted molar refractivity (Wildman–Crippen MR) is 51.6 cm³/mol. The van der Waals surface area contributed by atoms with E-state index in [-0.39, 0.29) is 24.1 Å². The molecule has 0 N–H and O–H groups in total.